The average molecular weight is 627 g/mol. The highest BCUT2D eigenvalue weighted by atomic mass is 16.5. The van der Waals surface area contributed by atoms with Crippen LogP contribution in [0.4, 0.5) is 0 Å². The lowest BCUT2D eigenvalue weighted by Gasteiger charge is -2.28. The molecule has 0 radical (unpaired) electrons. The average Bonchev–Trinajstić information content (AvgIpc) is 3.00. The van der Waals surface area contributed by atoms with E-state index in [4.69, 9.17) is 19.7 Å². The molecule has 0 aromatic rings. The van der Waals surface area contributed by atoms with Crippen molar-refractivity contribution in [2.24, 2.45) is 16.7 Å². The van der Waals surface area contributed by atoms with Crippen LogP contribution in [-0.4, -0.2) is 83.6 Å². The van der Waals surface area contributed by atoms with Crippen LogP contribution >= 0.6 is 0 Å². The fourth-order valence-electron chi connectivity index (χ4n) is 4.58. The minimum Gasteiger partial charge on any atom is -0.481 e. The van der Waals surface area contributed by atoms with Gasteiger partial charge in [-0.2, -0.15) is 0 Å². The maximum Gasteiger partial charge on any atom is 0.334 e. The van der Waals surface area contributed by atoms with Crippen LogP contribution in [0.5, 0.6) is 0 Å². The predicted octanol–water partition coefficient (Wildman–Crippen LogP) is 3.60. The third kappa shape index (κ3) is 13.3. The Bertz CT molecular complexity index is 1010. The maximum absolute atomic E-state index is 12.0. The van der Waals surface area contributed by atoms with Crippen molar-refractivity contribution in [3.8, 4) is 0 Å². The van der Waals surface area contributed by atoms with Gasteiger partial charge in [0.1, 0.15) is 19.3 Å². The van der Waals surface area contributed by atoms with Gasteiger partial charge in [0, 0.05) is 29.1 Å². The second kappa shape index (κ2) is 18.7. The molecular weight excluding hydrogens is 572 g/mol. The lowest BCUT2D eigenvalue weighted by atomic mass is 9.86. The summed E-state index contributed by atoms with van der Waals surface area (Å²) in [5, 5.41) is 33.9. The number of amides is 1. The van der Waals surface area contributed by atoms with Gasteiger partial charge >= 0.3 is 23.9 Å². The van der Waals surface area contributed by atoms with Gasteiger partial charge in [-0.15, -0.1) is 0 Å². The second-order valence-corrected chi connectivity index (χ2v) is 12.9. The lowest BCUT2D eigenvalue weighted by molar-refractivity contribution is -0.157. The molecule has 0 aliphatic heterocycles. The Labute approximate surface area is 261 Å². The molecule has 1 saturated carbocycles. The number of nitrogens with one attached hydrogen (secondary N) is 2. The van der Waals surface area contributed by atoms with Crippen LogP contribution in [0.3, 0.4) is 0 Å². The van der Waals surface area contributed by atoms with Gasteiger partial charge in [-0.05, 0) is 78.1 Å². The lowest BCUT2D eigenvalue weighted by Crippen LogP contribution is -2.41. The first-order chi connectivity index (χ1) is 20.5. The summed E-state index contributed by atoms with van der Waals surface area (Å²) < 4.78 is 10.2. The molecule has 0 saturated heterocycles. The van der Waals surface area contributed by atoms with Crippen molar-refractivity contribution in [1.82, 2.24) is 10.6 Å². The van der Waals surface area contributed by atoms with E-state index in [1.807, 2.05) is 41.5 Å². The van der Waals surface area contributed by atoms with Crippen LogP contribution in [0.25, 0.3) is 0 Å². The molecule has 44 heavy (non-hydrogen) atoms. The fourth-order valence-corrected chi connectivity index (χ4v) is 4.58. The third-order valence-electron chi connectivity index (χ3n) is 8.65. The standard InChI is InChI=1S/C16H29NO5.C16H25NO5/c1-4-16(2,3)15(21)22-10-13(18)9-17-12-7-5-11(6-8-12)14(19)20;1-4-16(2,3)15(21)17-9-10-22-14(20)12-8-6-5-7-11(12)13(18)19/h11-13,17-18H,4-10H2,1-3H3,(H,19,20);4-10H2,1-3H3,(H,17,21)(H,18,19). The van der Waals surface area contributed by atoms with Crippen LogP contribution in [0.1, 0.15) is 106 Å². The Morgan fingerprint density at radius 3 is 1.95 bits per heavy atom. The number of carboxylic acids is 2. The number of rotatable bonds is 15. The molecule has 0 aromatic heterocycles. The van der Waals surface area contributed by atoms with Crippen LogP contribution in [0.2, 0.25) is 0 Å². The first-order valence-electron chi connectivity index (χ1n) is 15.8. The summed E-state index contributed by atoms with van der Waals surface area (Å²) in [4.78, 5) is 57.6. The van der Waals surface area contributed by atoms with Gasteiger partial charge in [0.15, 0.2) is 0 Å². The van der Waals surface area contributed by atoms with E-state index in [1.54, 1.807) is 0 Å². The zero-order valence-corrected chi connectivity index (χ0v) is 27.3. The first-order valence-corrected chi connectivity index (χ1v) is 15.8. The quantitative estimate of drug-likeness (QED) is 0.132. The van der Waals surface area contributed by atoms with Crippen molar-refractivity contribution < 1.29 is 48.8 Å². The zero-order valence-electron chi connectivity index (χ0n) is 27.3. The monoisotopic (exact) mass is 626 g/mol. The number of aliphatic carboxylic acids is 2. The fraction of sp³-hybridized carbons (Fsp3) is 0.781. The molecule has 2 aliphatic rings. The highest BCUT2D eigenvalue weighted by molar-refractivity contribution is 5.99. The van der Waals surface area contributed by atoms with Gasteiger partial charge in [0.05, 0.1) is 17.9 Å². The van der Waals surface area contributed by atoms with E-state index in [-0.39, 0.29) is 54.7 Å². The summed E-state index contributed by atoms with van der Waals surface area (Å²) in [7, 11) is 0. The number of hydrogen-bond donors (Lipinski definition) is 5. The van der Waals surface area contributed by atoms with E-state index >= 15 is 0 Å². The van der Waals surface area contributed by atoms with E-state index in [0.717, 1.165) is 25.7 Å². The number of hydrogen-bond acceptors (Lipinski definition) is 9. The summed E-state index contributed by atoms with van der Waals surface area (Å²) in [5.41, 5.74) is -0.555. The van der Waals surface area contributed by atoms with Gasteiger partial charge in [0.25, 0.3) is 0 Å². The second-order valence-electron chi connectivity index (χ2n) is 12.9. The molecule has 1 fully saturated rings. The Kier molecular flexibility index (Phi) is 16.6. The third-order valence-corrected chi connectivity index (χ3v) is 8.65. The molecule has 1 unspecified atom stereocenters. The van der Waals surface area contributed by atoms with Gasteiger partial charge in [-0.25, -0.2) is 9.59 Å². The number of aliphatic hydroxyl groups excluding tert-OH is 1. The smallest absolute Gasteiger partial charge is 0.334 e. The Balaban J connectivity index is 0.000000440. The molecule has 1 atom stereocenters. The van der Waals surface area contributed by atoms with Crippen molar-refractivity contribution in [3.63, 3.8) is 0 Å². The van der Waals surface area contributed by atoms with E-state index in [1.165, 1.54) is 0 Å². The van der Waals surface area contributed by atoms with Gasteiger partial charge in [-0.1, -0.05) is 27.7 Å². The van der Waals surface area contributed by atoms with E-state index < -0.39 is 34.8 Å². The molecule has 12 nitrogen and oxygen atoms in total. The van der Waals surface area contributed by atoms with Crippen LogP contribution < -0.4 is 10.6 Å². The Morgan fingerprint density at radius 1 is 0.864 bits per heavy atom. The maximum atomic E-state index is 12.0. The number of carbonyl (C=O) groups is 5. The Morgan fingerprint density at radius 2 is 1.43 bits per heavy atom. The molecule has 1 amide bonds. The predicted molar refractivity (Wildman–Crippen MR) is 164 cm³/mol. The molecule has 2 rings (SSSR count). The van der Waals surface area contributed by atoms with Crippen molar-refractivity contribution in [2.45, 2.75) is 118 Å². The summed E-state index contributed by atoms with van der Waals surface area (Å²) in [6.07, 6.45) is 6.01. The summed E-state index contributed by atoms with van der Waals surface area (Å²) in [6, 6.07) is 0.230. The Hall–Kier alpha value is -2.99. The molecular formula is C32H54N2O10. The van der Waals surface area contributed by atoms with Gasteiger partial charge in [0.2, 0.25) is 5.91 Å². The molecule has 0 heterocycles. The SMILES string of the molecule is CCC(C)(C)C(=O)NCCOC(=O)C1=C(C(=O)O)CCCC1.CCC(C)(C)C(=O)OCC(O)CNC1CCC(C(=O)O)CC1. The molecule has 5 N–H and O–H groups in total. The van der Waals surface area contributed by atoms with Gasteiger partial charge < -0.3 is 35.4 Å². The first kappa shape index (κ1) is 39.0. The number of carboxylic acid groups (broad SMARTS) is 2. The minimum atomic E-state index is -1.05. The van der Waals surface area contributed by atoms with Crippen molar-refractivity contribution in [1.29, 1.82) is 0 Å². The van der Waals surface area contributed by atoms with Crippen molar-refractivity contribution in [3.05, 3.63) is 11.1 Å². The molecule has 2 aliphatic carbocycles. The number of ether oxygens (including phenoxy) is 2. The largest absolute Gasteiger partial charge is 0.481 e. The summed E-state index contributed by atoms with van der Waals surface area (Å²) in [5.74, 6) is -2.97. The summed E-state index contributed by atoms with van der Waals surface area (Å²) in [6.45, 7) is 11.8. The highest BCUT2D eigenvalue weighted by Gasteiger charge is 2.29. The molecule has 12 heteroatoms. The minimum absolute atomic E-state index is 0.0142. The van der Waals surface area contributed by atoms with Gasteiger partial charge in [-0.3, -0.25) is 14.4 Å². The molecule has 252 valence electrons. The summed E-state index contributed by atoms with van der Waals surface area (Å²) >= 11 is 0. The van der Waals surface area contributed by atoms with E-state index in [2.05, 4.69) is 10.6 Å². The van der Waals surface area contributed by atoms with Crippen molar-refractivity contribution in [2.75, 3.05) is 26.3 Å². The number of carbonyl (C=O) groups excluding carboxylic acids is 3. The van der Waals surface area contributed by atoms with Crippen LogP contribution in [0, 0.1) is 16.7 Å². The normalized spacial score (nSPS) is 19.6. The molecule has 0 aromatic carbocycles. The number of aliphatic hydroxyl groups is 1. The molecule has 0 spiro atoms. The van der Waals surface area contributed by atoms with E-state index in [9.17, 15) is 29.1 Å². The zero-order chi connectivity index (χ0) is 33.5. The highest BCUT2D eigenvalue weighted by Crippen LogP contribution is 2.26. The van der Waals surface area contributed by atoms with Crippen molar-refractivity contribution >= 4 is 29.8 Å². The van der Waals surface area contributed by atoms with Crippen LogP contribution in [-0.2, 0) is 33.4 Å². The topological polar surface area (TPSA) is 189 Å². The molecule has 0 bridgehead atoms. The number of esters is 2. The van der Waals surface area contributed by atoms with E-state index in [0.29, 0.717) is 45.1 Å². The van der Waals surface area contributed by atoms with Crippen LogP contribution in [0.15, 0.2) is 11.1 Å².